The van der Waals surface area contributed by atoms with Gasteiger partial charge in [0.2, 0.25) is 5.96 Å². The molecule has 4 rings (SSSR count). The van der Waals surface area contributed by atoms with Crippen LogP contribution in [-0.4, -0.2) is 49.3 Å². The van der Waals surface area contributed by atoms with E-state index < -0.39 is 24.2 Å². The number of guanidine groups is 1. The predicted molar refractivity (Wildman–Crippen MR) is 135 cm³/mol. The molecule has 0 bridgehead atoms. The van der Waals surface area contributed by atoms with Gasteiger partial charge in [-0.25, -0.2) is 18.6 Å². The molecule has 0 fully saturated rings. The molecule has 2 aromatic rings. The molecule has 37 heavy (non-hydrogen) atoms. The maximum Gasteiger partial charge on any atom is 0.333 e. The lowest BCUT2D eigenvalue weighted by molar-refractivity contribution is 0.176. The molecular weight excluding hydrogens is 527 g/mol. The number of rotatable bonds is 6. The Morgan fingerprint density at radius 3 is 2.62 bits per heavy atom. The summed E-state index contributed by atoms with van der Waals surface area (Å²) in [5.74, 6) is -1.97. The van der Waals surface area contributed by atoms with Gasteiger partial charge in [-0.2, -0.15) is 10.1 Å². The molecule has 0 radical (unpaired) electrons. The van der Waals surface area contributed by atoms with Gasteiger partial charge in [0, 0.05) is 36.5 Å². The van der Waals surface area contributed by atoms with Crippen molar-refractivity contribution in [1.29, 1.82) is 5.41 Å². The number of halogens is 4. The zero-order chi connectivity index (χ0) is 26.9. The minimum Gasteiger partial charge on any atom is -0.393 e. The zero-order valence-corrected chi connectivity index (χ0v) is 21.2. The van der Waals surface area contributed by atoms with E-state index in [1.807, 2.05) is 0 Å². The summed E-state index contributed by atoms with van der Waals surface area (Å²) in [5, 5.41) is 18.2. The second-order valence-electron chi connectivity index (χ2n) is 7.98. The Hall–Kier alpha value is -4.03. The average Bonchev–Trinajstić information content (AvgIpc) is 3.24. The van der Waals surface area contributed by atoms with Crippen LogP contribution in [0.4, 0.5) is 13.6 Å². The largest absolute Gasteiger partial charge is 0.393 e. The summed E-state index contributed by atoms with van der Waals surface area (Å²) in [7, 11) is 3.36. The molecular formula is C23H21Cl2F2N9O. The van der Waals surface area contributed by atoms with Crippen molar-refractivity contribution >= 4 is 40.9 Å². The first-order valence-electron chi connectivity index (χ1n) is 10.7. The summed E-state index contributed by atoms with van der Waals surface area (Å²) in [4.78, 5) is 24.4. The summed E-state index contributed by atoms with van der Waals surface area (Å²) in [6.07, 6.45) is 6.07. The van der Waals surface area contributed by atoms with Gasteiger partial charge in [0.05, 0.1) is 29.5 Å². The molecule has 2 amide bonds. The maximum absolute atomic E-state index is 14.6. The Kier molecular flexibility index (Phi) is 7.41. The third kappa shape index (κ3) is 5.54. The van der Waals surface area contributed by atoms with E-state index in [0.717, 1.165) is 11.0 Å². The SMILES string of the molecule is C=C1N=C(NC2=C/C(=C/NC)C(=N)C=C2Cl)N(Cc2cc(Cl)cc(F)c2F)C(=O)N1Cc1ncn(C)n1. The number of aryl methyl sites for hydroxylation is 1. The molecule has 0 saturated carbocycles. The van der Waals surface area contributed by atoms with Crippen LogP contribution in [0.5, 0.6) is 0 Å². The number of amides is 2. The molecule has 0 atom stereocenters. The van der Waals surface area contributed by atoms with Gasteiger partial charge in [-0.3, -0.25) is 14.5 Å². The van der Waals surface area contributed by atoms with Gasteiger partial charge in [0.15, 0.2) is 17.5 Å². The summed E-state index contributed by atoms with van der Waals surface area (Å²) >= 11 is 12.3. The van der Waals surface area contributed by atoms with Crippen LogP contribution in [-0.2, 0) is 20.1 Å². The van der Waals surface area contributed by atoms with Crippen molar-refractivity contribution in [1.82, 2.24) is 35.2 Å². The maximum atomic E-state index is 14.6. The van der Waals surface area contributed by atoms with Crippen LogP contribution in [0.15, 0.2) is 70.5 Å². The van der Waals surface area contributed by atoms with E-state index in [9.17, 15) is 13.6 Å². The number of carbonyl (C=O) groups is 1. The second kappa shape index (κ2) is 10.5. The Morgan fingerprint density at radius 2 is 1.95 bits per heavy atom. The Bertz CT molecular complexity index is 1430. The molecule has 1 aromatic carbocycles. The predicted octanol–water partition coefficient (Wildman–Crippen LogP) is 3.74. The molecule has 0 saturated heterocycles. The topological polar surface area (TPSA) is 115 Å². The first kappa shape index (κ1) is 26.0. The Morgan fingerprint density at radius 1 is 1.19 bits per heavy atom. The molecule has 192 valence electrons. The highest BCUT2D eigenvalue weighted by atomic mass is 35.5. The van der Waals surface area contributed by atoms with Crippen LogP contribution in [0, 0.1) is 17.0 Å². The van der Waals surface area contributed by atoms with E-state index in [0.29, 0.717) is 17.1 Å². The molecule has 1 aromatic heterocycles. The van der Waals surface area contributed by atoms with Crippen molar-refractivity contribution in [2.45, 2.75) is 13.1 Å². The fourth-order valence-corrected chi connectivity index (χ4v) is 4.00. The van der Waals surface area contributed by atoms with Gasteiger partial charge >= 0.3 is 6.03 Å². The quantitative estimate of drug-likeness (QED) is 0.476. The molecule has 1 aliphatic heterocycles. The second-order valence-corrected chi connectivity index (χ2v) is 8.82. The van der Waals surface area contributed by atoms with Crippen molar-refractivity contribution in [3.63, 3.8) is 0 Å². The van der Waals surface area contributed by atoms with E-state index in [4.69, 9.17) is 28.6 Å². The van der Waals surface area contributed by atoms with Crippen LogP contribution in [0.1, 0.15) is 11.4 Å². The number of nitrogens with zero attached hydrogens (tertiary/aromatic N) is 6. The van der Waals surface area contributed by atoms with Crippen molar-refractivity contribution in [2.24, 2.45) is 12.0 Å². The summed E-state index contributed by atoms with van der Waals surface area (Å²) in [6, 6.07) is 1.42. The summed E-state index contributed by atoms with van der Waals surface area (Å²) < 4.78 is 30.2. The van der Waals surface area contributed by atoms with Crippen LogP contribution in [0.2, 0.25) is 5.02 Å². The molecule has 2 aliphatic rings. The number of aliphatic imine (C=N–C) groups is 1. The summed E-state index contributed by atoms with van der Waals surface area (Å²) in [6.45, 7) is 3.38. The molecule has 14 heteroatoms. The molecule has 2 heterocycles. The third-order valence-corrected chi connectivity index (χ3v) is 5.82. The van der Waals surface area contributed by atoms with Crippen molar-refractivity contribution in [2.75, 3.05) is 7.05 Å². The molecule has 0 unspecified atom stereocenters. The van der Waals surface area contributed by atoms with Gasteiger partial charge < -0.3 is 16.0 Å². The Labute approximate surface area is 220 Å². The van der Waals surface area contributed by atoms with Crippen molar-refractivity contribution in [3.8, 4) is 0 Å². The number of urea groups is 1. The number of carbonyl (C=O) groups excluding carboxylic acids is 1. The first-order chi connectivity index (χ1) is 17.6. The lowest BCUT2D eigenvalue weighted by Gasteiger charge is -2.35. The number of hydrogen-bond donors (Lipinski definition) is 3. The first-order valence-corrected chi connectivity index (χ1v) is 11.5. The molecule has 1 aliphatic carbocycles. The number of nitrogens with one attached hydrogen (secondary N) is 3. The number of benzene rings is 1. The highest BCUT2D eigenvalue weighted by Gasteiger charge is 2.34. The number of allylic oxidation sites excluding steroid dienone is 4. The standard InChI is InChI=1S/C23H21Cl2F2N9O/c1-12-31-22(32-19-5-13(8-29-2)18(28)7-16(19)25)36(9-14-4-15(24)6-17(26)21(14)27)23(37)35(12)10-20-30-11-34(3)33-20/h4-8,11,28-29H,1,9-10H2,2-3H3,(H,31,32)/b13-8-,28-18?. The Balaban J connectivity index is 1.73. The lowest BCUT2D eigenvalue weighted by Crippen LogP contribution is -2.53. The zero-order valence-electron chi connectivity index (χ0n) is 19.7. The van der Waals surface area contributed by atoms with Crippen molar-refractivity contribution < 1.29 is 13.6 Å². The van der Waals surface area contributed by atoms with E-state index in [2.05, 4.69) is 32.3 Å². The number of aromatic nitrogens is 3. The van der Waals surface area contributed by atoms with Crippen LogP contribution in [0.25, 0.3) is 0 Å². The highest BCUT2D eigenvalue weighted by molar-refractivity contribution is 6.35. The molecule has 10 nitrogen and oxygen atoms in total. The van der Waals surface area contributed by atoms with Crippen LogP contribution < -0.4 is 10.6 Å². The normalized spacial score (nSPS) is 17.2. The van der Waals surface area contributed by atoms with Crippen molar-refractivity contribution in [3.05, 3.63) is 93.6 Å². The van der Waals surface area contributed by atoms with Gasteiger partial charge in [0.25, 0.3) is 0 Å². The molecule has 3 N–H and O–H groups in total. The van der Waals surface area contributed by atoms with Gasteiger partial charge in [-0.1, -0.05) is 29.8 Å². The average molecular weight is 548 g/mol. The monoisotopic (exact) mass is 547 g/mol. The lowest BCUT2D eigenvalue weighted by atomic mass is 10.0. The van der Waals surface area contributed by atoms with E-state index >= 15 is 0 Å². The van der Waals surface area contributed by atoms with Gasteiger partial charge in [-0.05, 0) is 24.3 Å². The smallest absolute Gasteiger partial charge is 0.333 e. The molecule has 0 spiro atoms. The van der Waals surface area contributed by atoms with Gasteiger partial charge in [-0.15, -0.1) is 0 Å². The minimum atomic E-state index is -1.15. The van der Waals surface area contributed by atoms with E-state index in [-0.39, 0.29) is 39.7 Å². The number of hydrogen-bond acceptors (Lipinski definition) is 7. The van der Waals surface area contributed by atoms with Crippen LogP contribution >= 0.6 is 23.2 Å². The highest BCUT2D eigenvalue weighted by Crippen LogP contribution is 2.26. The third-order valence-electron chi connectivity index (χ3n) is 5.29. The fourth-order valence-electron chi connectivity index (χ4n) is 3.56. The van der Waals surface area contributed by atoms with E-state index in [1.54, 1.807) is 26.4 Å². The minimum absolute atomic E-state index is 0.0370. The summed E-state index contributed by atoms with van der Waals surface area (Å²) in [5.41, 5.74) is 0.820. The fraction of sp³-hybridized carbons (Fsp3) is 0.174. The van der Waals surface area contributed by atoms with Gasteiger partial charge in [0.1, 0.15) is 12.1 Å². The van der Waals surface area contributed by atoms with Crippen LogP contribution in [0.3, 0.4) is 0 Å². The van der Waals surface area contributed by atoms with E-state index in [1.165, 1.54) is 28.1 Å².